The smallest absolute Gasteiger partial charge is 0.207 e. The minimum atomic E-state index is -7.22. The normalized spacial score (nSPS) is 11.7. The van der Waals surface area contributed by atoms with Gasteiger partial charge in [-0.3, -0.25) is 0 Å². The molecule has 1 nitrogen and oxygen atoms in total. The highest BCUT2D eigenvalue weighted by molar-refractivity contribution is 7.21. The van der Waals surface area contributed by atoms with Crippen molar-refractivity contribution in [2.75, 3.05) is 0 Å². The summed E-state index contributed by atoms with van der Waals surface area (Å²) in [6.07, 6.45) is -7.22. The molecular weight excluding hydrogens is 929 g/mol. The molecule has 0 bridgehead atoms. The molecular formula is C38H11BClF20NS. The van der Waals surface area contributed by atoms with E-state index in [1.807, 2.05) is 18.2 Å². The number of benzene rings is 6. The largest absolute Gasteiger partial charge is 0.334 e. The molecule has 0 fully saturated rings. The zero-order valence-electron chi connectivity index (χ0n) is 29.3. The van der Waals surface area contributed by atoms with Crippen LogP contribution in [0.25, 0.3) is 10.2 Å². The van der Waals surface area contributed by atoms with Crippen molar-refractivity contribution >= 4 is 61.2 Å². The first-order chi connectivity index (χ1) is 29.0. The van der Waals surface area contributed by atoms with Crippen LogP contribution in [0.2, 0.25) is 4.47 Å². The SMILES string of the molecule is Clc1sc2ccccc2[n+]1Cc1ccccc1.Fc1c(F)c(F)c([B-](c2c(F)c(F)c(F)c(F)c2F)(c2c(F)c(F)c(F)c(F)c2F)c2c(F)c(F)c(F)c(F)c2F)c(F)c1F. The van der Waals surface area contributed by atoms with Gasteiger partial charge < -0.3 is 0 Å². The lowest BCUT2D eigenvalue weighted by Gasteiger charge is -2.44. The Kier molecular flexibility index (Phi) is 12.4. The van der Waals surface area contributed by atoms with Crippen LogP contribution in [-0.4, -0.2) is 6.15 Å². The predicted octanol–water partition coefficient (Wildman–Crippen LogP) is 9.74. The average Bonchev–Trinajstić information content (AvgIpc) is 3.57. The van der Waals surface area contributed by atoms with E-state index < -0.39 is 144 Å². The third kappa shape index (κ3) is 6.88. The fourth-order valence-corrected chi connectivity index (χ4v) is 8.08. The Hall–Kier alpha value is -5.84. The van der Waals surface area contributed by atoms with Crippen molar-refractivity contribution < 1.29 is 92.4 Å². The van der Waals surface area contributed by atoms with Gasteiger partial charge in [0.1, 0.15) is 57.4 Å². The minimum Gasteiger partial charge on any atom is -0.207 e. The zero-order chi connectivity index (χ0) is 46.0. The number of nitrogens with zero attached hydrogens (tertiary/aromatic N) is 1. The van der Waals surface area contributed by atoms with Gasteiger partial charge in [0.2, 0.25) is 5.52 Å². The molecule has 0 saturated heterocycles. The second-order valence-corrected chi connectivity index (χ2v) is 14.3. The van der Waals surface area contributed by atoms with Crippen LogP contribution in [-0.2, 0) is 6.54 Å². The predicted molar refractivity (Wildman–Crippen MR) is 182 cm³/mol. The van der Waals surface area contributed by atoms with Crippen molar-refractivity contribution in [2.24, 2.45) is 0 Å². The number of halogens is 21. The summed E-state index contributed by atoms with van der Waals surface area (Å²) in [6.45, 7) is 0.823. The topological polar surface area (TPSA) is 3.88 Å². The molecule has 0 aliphatic heterocycles. The molecule has 0 aliphatic rings. The lowest BCUT2D eigenvalue weighted by Crippen LogP contribution is -2.81. The summed E-state index contributed by atoms with van der Waals surface area (Å²) in [7, 11) is 0. The molecule has 1 heterocycles. The molecule has 0 N–H and O–H groups in total. The van der Waals surface area contributed by atoms with Crippen LogP contribution in [0, 0.1) is 116 Å². The Balaban J connectivity index is 0.000000311. The summed E-state index contributed by atoms with van der Waals surface area (Å²) < 4.78 is 298. The third-order valence-electron chi connectivity index (χ3n) is 9.45. The van der Waals surface area contributed by atoms with Gasteiger partial charge in [-0.1, -0.05) is 42.5 Å². The van der Waals surface area contributed by atoms with E-state index in [4.69, 9.17) is 11.6 Å². The van der Waals surface area contributed by atoms with E-state index in [1.165, 1.54) is 15.8 Å². The van der Waals surface area contributed by atoms with Gasteiger partial charge in [0.25, 0.3) is 0 Å². The van der Waals surface area contributed by atoms with E-state index >= 15 is 35.1 Å². The van der Waals surface area contributed by atoms with Crippen LogP contribution in [0.5, 0.6) is 0 Å². The van der Waals surface area contributed by atoms with Crippen molar-refractivity contribution in [1.82, 2.24) is 0 Å². The molecule has 7 aromatic rings. The van der Waals surface area contributed by atoms with Crippen LogP contribution >= 0.6 is 22.9 Å². The average molecular weight is 940 g/mol. The molecule has 0 spiro atoms. The van der Waals surface area contributed by atoms with Gasteiger partial charge in [0, 0.05) is 23.2 Å². The minimum absolute atomic E-state index is 0.823. The lowest BCUT2D eigenvalue weighted by molar-refractivity contribution is -0.655. The van der Waals surface area contributed by atoms with Crippen molar-refractivity contribution in [3.05, 3.63) is 181 Å². The number of hydrogen-bond donors (Lipinski definition) is 0. The number of rotatable bonds is 6. The van der Waals surface area contributed by atoms with Gasteiger partial charge in [-0.15, -0.1) is 21.9 Å². The fourth-order valence-electron chi connectivity index (χ4n) is 6.79. The van der Waals surface area contributed by atoms with E-state index in [-0.39, 0.29) is 0 Å². The molecule has 7 rings (SSSR count). The van der Waals surface area contributed by atoms with Crippen molar-refractivity contribution in [2.45, 2.75) is 6.54 Å². The zero-order valence-corrected chi connectivity index (χ0v) is 30.8. The van der Waals surface area contributed by atoms with Gasteiger partial charge in [-0.2, -0.15) is 4.57 Å². The van der Waals surface area contributed by atoms with Crippen LogP contribution in [0.3, 0.4) is 0 Å². The van der Waals surface area contributed by atoms with Crippen LogP contribution in [0.1, 0.15) is 5.56 Å². The van der Waals surface area contributed by atoms with Crippen molar-refractivity contribution in [3.8, 4) is 0 Å². The maximum absolute atomic E-state index is 15.4. The van der Waals surface area contributed by atoms with Crippen LogP contribution in [0.15, 0.2) is 54.6 Å². The van der Waals surface area contributed by atoms with Gasteiger partial charge in [0.15, 0.2) is 76.4 Å². The highest BCUT2D eigenvalue weighted by Crippen LogP contribution is 2.31. The molecule has 0 unspecified atom stereocenters. The van der Waals surface area contributed by atoms with Gasteiger partial charge in [-0.05, 0) is 17.4 Å². The molecule has 1 aromatic heterocycles. The molecule has 324 valence electrons. The summed E-state index contributed by atoms with van der Waals surface area (Å²) in [5.74, 6) is -71.4. The monoisotopic (exact) mass is 939 g/mol. The summed E-state index contributed by atoms with van der Waals surface area (Å²) in [5, 5.41) is 0. The second-order valence-electron chi connectivity index (χ2n) is 12.7. The molecule has 0 atom stereocenters. The van der Waals surface area contributed by atoms with E-state index in [0.29, 0.717) is 0 Å². The Morgan fingerprint density at radius 2 is 0.613 bits per heavy atom. The number of fused-ring (bicyclic) bond motifs is 1. The number of aromatic nitrogens is 1. The Morgan fingerprint density at radius 1 is 0.355 bits per heavy atom. The van der Waals surface area contributed by atoms with Gasteiger partial charge in [-0.25, -0.2) is 87.8 Å². The number of hydrogen-bond acceptors (Lipinski definition) is 1. The van der Waals surface area contributed by atoms with Crippen molar-refractivity contribution in [3.63, 3.8) is 0 Å². The van der Waals surface area contributed by atoms with E-state index in [1.54, 1.807) is 11.3 Å². The highest BCUT2D eigenvalue weighted by Gasteiger charge is 2.52. The molecule has 62 heavy (non-hydrogen) atoms. The molecule has 0 radical (unpaired) electrons. The van der Waals surface area contributed by atoms with Crippen LogP contribution < -0.4 is 26.4 Å². The van der Waals surface area contributed by atoms with E-state index in [0.717, 1.165) is 11.0 Å². The Bertz CT molecular complexity index is 2580. The molecule has 6 aromatic carbocycles. The molecule has 0 aliphatic carbocycles. The maximum Gasteiger partial charge on any atom is 0.334 e. The van der Waals surface area contributed by atoms with E-state index in [2.05, 4.69) is 41.0 Å². The first-order valence-electron chi connectivity index (χ1n) is 16.4. The molecule has 24 heteroatoms. The van der Waals surface area contributed by atoms with Crippen molar-refractivity contribution in [1.29, 1.82) is 0 Å². The summed E-state index contributed by atoms with van der Waals surface area (Å²) in [5.41, 5.74) is -11.9. The number of thiazole rings is 1. The van der Waals surface area contributed by atoms with Gasteiger partial charge in [0.05, 0.1) is 0 Å². The quantitative estimate of drug-likeness (QED) is 0.0515. The highest BCUT2D eigenvalue weighted by atomic mass is 35.5. The first kappa shape index (κ1) is 45.7. The van der Waals surface area contributed by atoms with E-state index in [9.17, 15) is 52.7 Å². The number of para-hydroxylation sites is 1. The Labute approximate surface area is 340 Å². The summed E-state index contributed by atoms with van der Waals surface area (Å²) in [4.78, 5) is 0. The summed E-state index contributed by atoms with van der Waals surface area (Å²) >= 11 is 7.93. The Morgan fingerprint density at radius 3 is 0.919 bits per heavy atom. The maximum atomic E-state index is 15.4. The first-order valence-corrected chi connectivity index (χ1v) is 17.6. The summed E-state index contributed by atoms with van der Waals surface area (Å²) in [6, 6.07) is 18.7. The van der Waals surface area contributed by atoms with Gasteiger partial charge >= 0.3 is 4.47 Å². The standard InChI is InChI=1S/C24BF20.C14H11ClNS/c26-5-1(6(27)14(35)21(42)13(5)34)25(2-7(28)15(36)22(43)16(37)8(2)29,3-9(30)17(38)23(44)18(39)10(3)31)4-11(32)19(40)24(45)20(41)12(4)33;15-14-16(10-11-6-2-1-3-7-11)12-8-4-5-9-13(12)17-14/h;1-9H,10H2/q-1;+1. The lowest BCUT2D eigenvalue weighted by atomic mass is 9.12. The second kappa shape index (κ2) is 16.8. The third-order valence-corrected chi connectivity index (χ3v) is 10.8. The molecule has 0 saturated carbocycles. The van der Waals surface area contributed by atoms with Crippen LogP contribution in [0.4, 0.5) is 87.8 Å². The fraction of sp³-hybridized carbons (Fsp3) is 0.0263. The molecule has 0 amide bonds.